The lowest BCUT2D eigenvalue weighted by molar-refractivity contribution is -0.274. The van der Waals surface area contributed by atoms with Gasteiger partial charge in [0, 0.05) is 18.7 Å². The van der Waals surface area contributed by atoms with Crippen LogP contribution < -0.4 is 10.1 Å². The second-order valence-electron chi connectivity index (χ2n) is 8.70. The Hall–Kier alpha value is -2.56. The molecule has 34 heavy (non-hydrogen) atoms. The first-order valence-electron chi connectivity index (χ1n) is 11.0. The van der Waals surface area contributed by atoms with E-state index in [0.29, 0.717) is 18.9 Å². The number of halogens is 6. The molecule has 0 aromatic heterocycles. The van der Waals surface area contributed by atoms with Gasteiger partial charge in [-0.3, -0.25) is 9.59 Å². The molecule has 0 radical (unpaired) electrons. The van der Waals surface area contributed by atoms with Crippen LogP contribution in [0.15, 0.2) is 36.4 Å². The average Bonchev–Trinajstić information content (AvgIpc) is 3.56. The van der Waals surface area contributed by atoms with Gasteiger partial charge in [0.25, 0.3) is 0 Å². The molecule has 188 valence electrons. The Kier molecular flexibility index (Phi) is 7.95. The Balaban J connectivity index is 1.36. The first-order valence-corrected chi connectivity index (χ1v) is 11.0. The summed E-state index contributed by atoms with van der Waals surface area (Å²) in [6.07, 6.45) is -4.34. The smallest absolute Gasteiger partial charge is 0.406 e. The van der Waals surface area contributed by atoms with Crippen molar-refractivity contribution in [1.29, 1.82) is 0 Å². The summed E-state index contributed by atoms with van der Waals surface area (Å²) in [5.74, 6) is -1.51. The van der Waals surface area contributed by atoms with Crippen molar-refractivity contribution in [2.45, 2.75) is 44.6 Å². The van der Waals surface area contributed by atoms with Gasteiger partial charge >= 0.3 is 12.5 Å². The van der Waals surface area contributed by atoms with Gasteiger partial charge in [-0.05, 0) is 69.3 Å². The summed E-state index contributed by atoms with van der Waals surface area (Å²) in [5.41, 5.74) is -2.11. The number of ketones is 1. The maximum atomic E-state index is 13.0. The number of carbonyl (C=O) groups excluding carboxylic acids is 2. The second kappa shape index (κ2) is 10.4. The number of allylic oxidation sites excluding steroid dienone is 2. The van der Waals surface area contributed by atoms with Gasteiger partial charge in [0.2, 0.25) is 5.91 Å². The van der Waals surface area contributed by atoms with Gasteiger partial charge < -0.3 is 15.0 Å². The molecule has 1 aromatic rings. The number of nitrogens with zero attached hydrogens (tertiary/aromatic N) is 1. The van der Waals surface area contributed by atoms with Crippen molar-refractivity contribution < 1.29 is 40.7 Å². The molecule has 1 aromatic carbocycles. The van der Waals surface area contributed by atoms with E-state index in [2.05, 4.69) is 15.0 Å². The highest BCUT2D eigenvalue weighted by Crippen LogP contribution is 2.57. The molecule has 1 heterocycles. The number of piperidine rings is 1. The predicted octanol–water partition coefficient (Wildman–Crippen LogP) is 4.88. The highest BCUT2D eigenvalue weighted by Gasteiger charge is 2.68. The van der Waals surface area contributed by atoms with E-state index < -0.39 is 35.4 Å². The fourth-order valence-corrected chi connectivity index (χ4v) is 4.02. The minimum Gasteiger partial charge on any atom is -0.406 e. The van der Waals surface area contributed by atoms with Crippen molar-refractivity contribution in [3.63, 3.8) is 0 Å². The van der Waals surface area contributed by atoms with Crippen molar-refractivity contribution in [1.82, 2.24) is 10.2 Å². The fourth-order valence-electron chi connectivity index (χ4n) is 4.02. The van der Waals surface area contributed by atoms with Crippen LogP contribution in [-0.2, 0) is 4.79 Å². The molecule has 1 saturated carbocycles. The number of benzene rings is 1. The standard InChI is InChI=1S/C23H26F6N2O3/c24-22(25,26)21(9-10-21)20(33)30-11-14-31-12-7-16(8-13-31)3-1-6-19(32)17-4-2-5-18(15-17)34-23(27,28)29/h1-2,4-6,15-16H,3,7-14H2,(H,30,33)/b6-1-. The number of amides is 1. The number of carbonyl (C=O) groups is 2. The Morgan fingerprint density at radius 3 is 2.38 bits per heavy atom. The van der Waals surface area contributed by atoms with E-state index in [1.165, 1.54) is 18.2 Å². The quantitative estimate of drug-likeness (QED) is 0.303. The summed E-state index contributed by atoms with van der Waals surface area (Å²) in [6.45, 7) is 2.08. The molecular formula is C23H26F6N2O3. The molecule has 1 N–H and O–H groups in total. The minimum absolute atomic E-state index is 0.0911. The third-order valence-corrected chi connectivity index (χ3v) is 6.24. The van der Waals surface area contributed by atoms with E-state index in [0.717, 1.165) is 38.1 Å². The summed E-state index contributed by atoms with van der Waals surface area (Å²) in [5, 5.41) is 2.41. The first kappa shape index (κ1) is 26.1. The van der Waals surface area contributed by atoms with Crippen molar-refractivity contribution in [3.05, 3.63) is 42.0 Å². The lowest BCUT2D eigenvalue weighted by atomic mass is 9.93. The van der Waals surface area contributed by atoms with Crippen LogP contribution in [0.2, 0.25) is 0 Å². The third kappa shape index (κ3) is 6.97. The van der Waals surface area contributed by atoms with E-state index in [1.54, 1.807) is 6.08 Å². The minimum atomic E-state index is -4.83. The Morgan fingerprint density at radius 1 is 1.12 bits per heavy atom. The number of ether oxygens (including phenoxy) is 1. The topological polar surface area (TPSA) is 58.6 Å². The largest absolute Gasteiger partial charge is 0.573 e. The maximum Gasteiger partial charge on any atom is 0.573 e. The number of hydrogen-bond acceptors (Lipinski definition) is 4. The summed E-state index contributed by atoms with van der Waals surface area (Å²) in [4.78, 5) is 26.2. The fraction of sp³-hybridized carbons (Fsp3) is 0.565. The molecule has 0 atom stereocenters. The molecule has 2 aliphatic rings. The SMILES string of the molecule is O=C(/C=C\CC1CCN(CCNC(=O)C2(C(F)(F)F)CC2)CC1)c1cccc(OC(F)(F)F)c1. The number of rotatable bonds is 9. The molecule has 5 nitrogen and oxygen atoms in total. The van der Waals surface area contributed by atoms with Gasteiger partial charge in [-0.1, -0.05) is 18.2 Å². The number of hydrogen-bond donors (Lipinski definition) is 1. The molecule has 1 aliphatic heterocycles. The van der Waals surface area contributed by atoms with Gasteiger partial charge in [0.1, 0.15) is 11.2 Å². The Morgan fingerprint density at radius 2 is 1.79 bits per heavy atom. The monoisotopic (exact) mass is 492 g/mol. The molecule has 0 unspecified atom stereocenters. The number of nitrogens with one attached hydrogen (secondary N) is 1. The van der Waals surface area contributed by atoms with Crippen LogP contribution in [0, 0.1) is 11.3 Å². The molecular weight excluding hydrogens is 466 g/mol. The van der Waals surface area contributed by atoms with Crippen LogP contribution in [0.4, 0.5) is 26.3 Å². The predicted molar refractivity (Wildman–Crippen MR) is 111 cm³/mol. The van der Waals surface area contributed by atoms with E-state index in [1.807, 2.05) is 0 Å². The van der Waals surface area contributed by atoms with Gasteiger partial charge in [0.05, 0.1) is 0 Å². The van der Waals surface area contributed by atoms with Gasteiger partial charge in [0.15, 0.2) is 5.78 Å². The zero-order valence-corrected chi connectivity index (χ0v) is 18.3. The average molecular weight is 492 g/mol. The summed E-state index contributed by atoms with van der Waals surface area (Å²) in [6, 6.07) is 4.88. The maximum absolute atomic E-state index is 13.0. The lowest BCUT2D eigenvalue weighted by Gasteiger charge is -2.31. The highest BCUT2D eigenvalue weighted by atomic mass is 19.4. The van der Waals surface area contributed by atoms with Crippen LogP contribution in [0.5, 0.6) is 5.75 Å². The molecule has 1 saturated heterocycles. The molecule has 0 spiro atoms. The summed E-state index contributed by atoms with van der Waals surface area (Å²) < 4.78 is 79.6. The van der Waals surface area contributed by atoms with Crippen molar-refractivity contribution in [3.8, 4) is 5.75 Å². The Labute approximate surface area is 193 Å². The van der Waals surface area contributed by atoms with Crippen LogP contribution in [0.1, 0.15) is 42.5 Å². The molecule has 1 amide bonds. The van der Waals surface area contributed by atoms with E-state index in [9.17, 15) is 35.9 Å². The highest BCUT2D eigenvalue weighted by molar-refractivity contribution is 6.04. The van der Waals surface area contributed by atoms with E-state index >= 15 is 0 Å². The second-order valence-corrected chi connectivity index (χ2v) is 8.70. The van der Waals surface area contributed by atoms with Crippen molar-refractivity contribution in [2.75, 3.05) is 26.2 Å². The van der Waals surface area contributed by atoms with Crippen LogP contribution >= 0.6 is 0 Å². The molecule has 2 fully saturated rings. The summed E-state index contributed by atoms with van der Waals surface area (Å²) in [7, 11) is 0. The van der Waals surface area contributed by atoms with E-state index in [4.69, 9.17) is 0 Å². The summed E-state index contributed by atoms with van der Waals surface area (Å²) >= 11 is 0. The molecule has 3 rings (SSSR count). The van der Waals surface area contributed by atoms with Crippen LogP contribution in [0.25, 0.3) is 0 Å². The molecule has 0 bridgehead atoms. The number of alkyl halides is 6. The van der Waals surface area contributed by atoms with Gasteiger partial charge in [-0.15, -0.1) is 13.2 Å². The van der Waals surface area contributed by atoms with E-state index in [-0.39, 0.29) is 24.9 Å². The van der Waals surface area contributed by atoms with Gasteiger partial charge in [-0.25, -0.2) is 0 Å². The third-order valence-electron chi connectivity index (χ3n) is 6.24. The Bertz CT molecular complexity index is 901. The van der Waals surface area contributed by atoms with Crippen molar-refractivity contribution >= 4 is 11.7 Å². The zero-order valence-electron chi connectivity index (χ0n) is 18.3. The lowest BCUT2D eigenvalue weighted by Crippen LogP contribution is -2.45. The number of likely N-dealkylation sites (tertiary alicyclic amines) is 1. The normalized spacial score (nSPS) is 19.2. The first-order chi connectivity index (χ1) is 15.9. The molecule has 1 aliphatic carbocycles. The zero-order chi connectivity index (χ0) is 25.0. The van der Waals surface area contributed by atoms with Gasteiger partial charge in [-0.2, -0.15) is 13.2 Å². The molecule has 11 heteroatoms. The van der Waals surface area contributed by atoms with Crippen molar-refractivity contribution in [2.24, 2.45) is 11.3 Å². The van der Waals surface area contributed by atoms with Crippen LogP contribution in [-0.4, -0.2) is 55.3 Å². The van der Waals surface area contributed by atoms with Crippen LogP contribution in [0.3, 0.4) is 0 Å².